The highest BCUT2D eigenvalue weighted by molar-refractivity contribution is 9.10. The number of rotatable bonds is 5. The highest BCUT2D eigenvalue weighted by Crippen LogP contribution is 2.32. The van der Waals surface area contributed by atoms with Crippen LogP contribution in [0.1, 0.15) is 33.1 Å². The zero-order valence-corrected chi connectivity index (χ0v) is 21.3. The molecule has 5 aromatic rings. The van der Waals surface area contributed by atoms with Crippen molar-refractivity contribution in [2.45, 2.75) is 26.6 Å². The molecule has 0 unspecified atom stereocenters. The lowest BCUT2D eigenvalue weighted by molar-refractivity contribution is -0.142. The highest BCUT2D eigenvalue weighted by atomic mass is 79.9. The Bertz CT molecular complexity index is 1610. The van der Waals surface area contributed by atoms with E-state index in [-0.39, 0.29) is 17.0 Å². The predicted octanol–water partition coefficient (Wildman–Crippen LogP) is 6.29. The number of amides is 1. The molecule has 3 aromatic heterocycles. The summed E-state index contributed by atoms with van der Waals surface area (Å²) in [5.74, 6) is -0.658. The molecule has 5 rings (SSSR count). The fraction of sp³-hybridized carbons (Fsp3) is 0.154. The molecule has 1 amide bonds. The molecule has 0 atom stereocenters. The van der Waals surface area contributed by atoms with Gasteiger partial charge in [0.15, 0.2) is 17.0 Å². The van der Waals surface area contributed by atoms with Crippen LogP contribution in [0.25, 0.3) is 16.9 Å². The molecule has 0 aliphatic carbocycles. The van der Waals surface area contributed by atoms with E-state index < -0.39 is 17.8 Å². The Morgan fingerprint density at radius 2 is 1.70 bits per heavy atom. The topological polar surface area (TPSA) is 77.1 Å². The highest BCUT2D eigenvalue weighted by Gasteiger charge is 2.35. The molecule has 0 spiro atoms. The summed E-state index contributed by atoms with van der Waals surface area (Å²) in [5, 5.41) is 11.2. The van der Waals surface area contributed by atoms with Gasteiger partial charge in [-0.05, 0) is 37.6 Å². The molecule has 0 saturated carbocycles. The van der Waals surface area contributed by atoms with Crippen molar-refractivity contribution in [2.24, 2.45) is 0 Å². The van der Waals surface area contributed by atoms with Crippen molar-refractivity contribution in [3.63, 3.8) is 0 Å². The first kappa shape index (κ1) is 24.7. The minimum absolute atomic E-state index is 0.0850. The second-order valence-electron chi connectivity index (χ2n) is 8.47. The molecule has 0 bridgehead atoms. The molecule has 0 aliphatic rings. The van der Waals surface area contributed by atoms with Gasteiger partial charge in [0.25, 0.3) is 5.91 Å². The maximum atomic E-state index is 13.9. The van der Waals surface area contributed by atoms with Gasteiger partial charge in [-0.1, -0.05) is 58.4 Å². The maximum Gasteiger partial charge on any atom is 0.433 e. The first-order chi connectivity index (χ1) is 17.6. The molecular formula is C26H20BrF3N6O. The van der Waals surface area contributed by atoms with Crippen molar-refractivity contribution < 1.29 is 18.0 Å². The van der Waals surface area contributed by atoms with Gasteiger partial charge in [0.1, 0.15) is 0 Å². The molecule has 11 heteroatoms. The van der Waals surface area contributed by atoms with E-state index >= 15 is 0 Å². The molecule has 0 saturated heterocycles. The first-order valence-corrected chi connectivity index (χ1v) is 12.0. The number of hydrogen-bond acceptors (Lipinski definition) is 4. The van der Waals surface area contributed by atoms with Crippen LogP contribution in [0.2, 0.25) is 0 Å². The normalized spacial score (nSPS) is 11.7. The lowest BCUT2D eigenvalue weighted by Gasteiger charge is -2.11. The van der Waals surface area contributed by atoms with Crippen molar-refractivity contribution in [2.75, 3.05) is 5.32 Å². The number of hydrogen-bond donors (Lipinski definition) is 1. The smallest absolute Gasteiger partial charge is 0.317 e. The number of aromatic nitrogens is 5. The van der Waals surface area contributed by atoms with Gasteiger partial charge in [-0.3, -0.25) is 9.48 Å². The summed E-state index contributed by atoms with van der Waals surface area (Å²) in [5.41, 5.74) is 2.14. The minimum Gasteiger partial charge on any atom is -0.317 e. The quantitative estimate of drug-likeness (QED) is 0.270. The third kappa shape index (κ3) is 4.99. The van der Waals surface area contributed by atoms with Crippen molar-refractivity contribution in [1.29, 1.82) is 0 Å². The number of fused-ring (bicyclic) bond motifs is 1. The largest absolute Gasteiger partial charge is 0.433 e. The molecule has 37 heavy (non-hydrogen) atoms. The van der Waals surface area contributed by atoms with Gasteiger partial charge >= 0.3 is 6.18 Å². The van der Waals surface area contributed by atoms with Crippen LogP contribution in [0.15, 0.2) is 71.2 Å². The Hall–Kier alpha value is -3.99. The fourth-order valence-electron chi connectivity index (χ4n) is 4.02. The van der Waals surface area contributed by atoms with E-state index in [4.69, 9.17) is 0 Å². The molecule has 1 N–H and O–H groups in total. The second-order valence-corrected chi connectivity index (χ2v) is 9.39. The van der Waals surface area contributed by atoms with Crippen LogP contribution >= 0.6 is 15.9 Å². The number of halogens is 4. The van der Waals surface area contributed by atoms with Gasteiger partial charge in [-0.2, -0.15) is 23.4 Å². The Morgan fingerprint density at radius 3 is 2.38 bits per heavy atom. The average Bonchev–Trinajstić information content (AvgIpc) is 3.41. The third-order valence-electron chi connectivity index (χ3n) is 5.89. The molecule has 0 aliphatic heterocycles. The number of carbonyl (C=O) groups excluding carboxylic acids is 1. The molecule has 0 radical (unpaired) electrons. The lowest BCUT2D eigenvalue weighted by Crippen LogP contribution is -2.16. The summed E-state index contributed by atoms with van der Waals surface area (Å²) < 4.78 is 45.0. The van der Waals surface area contributed by atoms with Crippen LogP contribution in [0, 0.1) is 13.8 Å². The van der Waals surface area contributed by atoms with E-state index in [2.05, 4.69) is 36.4 Å². The van der Waals surface area contributed by atoms with Gasteiger partial charge in [-0.15, -0.1) is 0 Å². The Labute approximate surface area is 218 Å². The number of benzene rings is 2. The van der Waals surface area contributed by atoms with Crippen molar-refractivity contribution >= 4 is 33.2 Å². The number of carbonyl (C=O) groups is 1. The van der Waals surface area contributed by atoms with Gasteiger partial charge in [0.2, 0.25) is 0 Å². The van der Waals surface area contributed by atoms with Crippen molar-refractivity contribution in [1.82, 2.24) is 24.4 Å². The summed E-state index contributed by atoms with van der Waals surface area (Å²) in [6, 6.07) is 18.5. The molecule has 3 heterocycles. The summed E-state index contributed by atoms with van der Waals surface area (Å²) in [4.78, 5) is 17.4. The molecule has 2 aromatic carbocycles. The number of anilines is 1. The minimum atomic E-state index is -4.70. The summed E-state index contributed by atoms with van der Waals surface area (Å²) in [6.07, 6.45) is -4.70. The Balaban J connectivity index is 1.47. The number of aryl methyl sites for hydroxylation is 1. The average molecular weight is 569 g/mol. The first-order valence-electron chi connectivity index (χ1n) is 11.2. The summed E-state index contributed by atoms with van der Waals surface area (Å²) in [6.45, 7) is 4.05. The van der Waals surface area contributed by atoms with Crippen LogP contribution in [-0.4, -0.2) is 30.3 Å². The van der Waals surface area contributed by atoms with Crippen LogP contribution < -0.4 is 5.32 Å². The summed E-state index contributed by atoms with van der Waals surface area (Å²) >= 11 is 3.41. The van der Waals surface area contributed by atoms with E-state index in [1.54, 1.807) is 41.9 Å². The molecule has 7 nitrogen and oxygen atoms in total. The zero-order valence-electron chi connectivity index (χ0n) is 19.7. The van der Waals surface area contributed by atoms with Crippen molar-refractivity contribution in [3.05, 3.63) is 99.5 Å². The van der Waals surface area contributed by atoms with E-state index in [0.29, 0.717) is 33.7 Å². The third-order valence-corrected chi connectivity index (χ3v) is 6.41. The molecule has 188 valence electrons. The van der Waals surface area contributed by atoms with E-state index in [0.717, 1.165) is 16.1 Å². The second kappa shape index (κ2) is 9.47. The number of nitrogens with one attached hydrogen (secondary N) is 1. The summed E-state index contributed by atoms with van der Waals surface area (Å²) in [7, 11) is 0. The monoisotopic (exact) mass is 568 g/mol. The SMILES string of the molecule is Cc1nn(Cc2ccc(Br)cc2)c(C)c1NC(=O)c1cc2nc(-c3ccccc3)cc(C(F)(F)F)n2n1. The van der Waals surface area contributed by atoms with Crippen molar-refractivity contribution in [3.8, 4) is 11.3 Å². The van der Waals surface area contributed by atoms with Gasteiger partial charge in [0, 0.05) is 16.1 Å². The predicted molar refractivity (Wildman–Crippen MR) is 136 cm³/mol. The van der Waals surface area contributed by atoms with Gasteiger partial charge < -0.3 is 5.32 Å². The van der Waals surface area contributed by atoms with Crippen LogP contribution in [-0.2, 0) is 12.7 Å². The number of nitrogens with zero attached hydrogens (tertiary/aromatic N) is 5. The van der Waals surface area contributed by atoms with E-state index in [1.165, 1.54) is 6.07 Å². The van der Waals surface area contributed by atoms with Crippen LogP contribution in [0.5, 0.6) is 0 Å². The van der Waals surface area contributed by atoms with Crippen LogP contribution in [0.3, 0.4) is 0 Å². The van der Waals surface area contributed by atoms with E-state index in [1.807, 2.05) is 31.2 Å². The molecule has 0 fully saturated rings. The standard InChI is InChI=1S/C26H20BrF3N6O/c1-15-24(16(2)35(33-15)14-17-8-10-19(27)11-9-17)32-25(37)21-13-23-31-20(18-6-4-3-5-7-18)12-22(26(28,29)30)36(23)34-21/h3-13H,14H2,1-2H3,(H,32,37). The molecular weight excluding hydrogens is 549 g/mol. The fourth-order valence-corrected chi connectivity index (χ4v) is 4.28. The maximum absolute atomic E-state index is 13.9. The van der Waals surface area contributed by atoms with Gasteiger partial charge in [-0.25, -0.2) is 9.50 Å². The Kier molecular flexibility index (Phi) is 6.32. The Morgan fingerprint density at radius 1 is 1.00 bits per heavy atom. The number of alkyl halides is 3. The zero-order chi connectivity index (χ0) is 26.3. The lowest BCUT2D eigenvalue weighted by atomic mass is 10.1. The van der Waals surface area contributed by atoms with E-state index in [9.17, 15) is 18.0 Å². The van der Waals surface area contributed by atoms with Crippen LogP contribution in [0.4, 0.5) is 18.9 Å². The van der Waals surface area contributed by atoms with Gasteiger partial charge in [0.05, 0.1) is 29.3 Å².